The lowest BCUT2D eigenvalue weighted by Gasteiger charge is -2.09. The molecule has 1 aliphatic rings. The van der Waals surface area contributed by atoms with E-state index in [-0.39, 0.29) is 0 Å². The second-order valence-electron chi connectivity index (χ2n) is 5.16. The van der Waals surface area contributed by atoms with Crippen LogP contribution in [0.4, 0.5) is 11.6 Å². The van der Waals surface area contributed by atoms with E-state index in [1.165, 1.54) is 19.3 Å². The van der Waals surface area contributed by atoms with Gasteiger partial charge in [0.25, 0.3) is 0 Å². The smallest absolute Gasteiger partial charge is 0.145 e. The summed E-state index contributed by atoms with van der Waals surface area (Å²) >= 11 is 0. The molecule has 1 fully saturated rings. The Bertz CT molecular complexity index is 409. The molecule has 4 N–H and O–H groups in total. The van der Waals surface area contributed by atoms with E-state index in [2.05, 4.69) is 27.6 Å². The lowest BCUT2D eigenvalue weighted by Crippen LogP contribution is -2.13. The zero-order valence-electron chi connectivity index (χ0n) is 12.2. The third-order valence-corrected chi connectivity index (χ3v) is 3.25. The van der Waals surface area contributed by atoms with Gasteiger partial charge in [0, 0.05) is 31.7 Å². The number of anilines is 2. The van der Waals surface area contributed by atoms with Gasteiger partial charge in [-0.3, -0.25) is 0 Å². The van der Waals surface area contributed by atoms with Crippen LogP contribution in [0.1, 0.15) is 50.8 Å². The van der Waals surface area contributed by atoms with Crippen LogP contribution in [0.2, 0.25) is 0 Å². The summed E-state index contributed by atoms with van der Waals surface area (Å²) in [6, 6.07) is 1.84. The highest BCUT2D eigenvalue weighted by molar-refractivity contribution is 5.47. The van der Waals surface area contributed by atoms with Crippen LogP contribution in [0, 0.1) is 0 Å². The third-order valence-electron chi connectivity index (χ3n) is 3.25. The van der Waals surface area contributed by atoms with E-state index in [9.17, 15) is 0 Å². The van der Waals surface area contributed by atoms with Crippen LogP contribution in [0.3, 0.4) is 0 Å². The van der Waals surface area contributed by atoms with Gasteiger partial charge >= 0.3 is 0 Å². The average Bonchev–Trinajstić information content (AvgIpc) is 3.30. The third kappa shape index (κ3) is 4.94. The molecule has 0 bridgehead atoms. The van der Waals surface area contributed by atoms with Gasteiger partial charge in [0.15, 0.2) is 0 Å². The molecule has 1 aliphatic carbocycles. The fourth-order valence-corrected chi connectivity index (χ4v) is 1.89. The van der Waals surface area contributed by atoms with E-state index in [0.29, 0.717) is 11.7 Å². The van der Waals surface area contributed by atoms with Crippen LogP contribution >= 0.6 is 0 Å². The van der Waals surface area contributed by atoms with Crippen molar-refractivity contribution in [1.82, 2.24) is 9.97 Å². The van der Waals surface area contributed by atoms with Crippen LogP contribution in [-0.2, 0) is 4.74 Å². The number of aromatic nitrogens is 2. The number of ether oxygens (including phenoxy) is 1. The van der Waals surface area contributed by atoms with E-state index >= 15 is 0 Å². The summed E-state index contributed by atoms with van der Waals surface area (Å²) in [4.78, 5) is 8.91. The number of rotatable bonds is 10. The molecular weight excluding hydrogens is 254 g/mol. The van der Waals surface area contributed by atoms with Crippen molar-refractivity contribution in [2.75, 3.05) is 30.5 Å². The van der Waals surface area contributed by atoms with Crippen LogP contribution in [0.5, 0.6) is 0 Å². The number of hydrogen-bond donors (Lipinski definition) is 3. The van der Waals surface area contributed by atoms with Gasteiger partial charge in [0.1, 0.15) is 17.5 Å². The Labute approximate surface area is 120 Å². The summed E-state index contributed by atoms with van der Waals surface area (Å²) in [5.74, 6) is 8.36. The molecule has 6 heteroatoms. The molecule has 0 unspecified atom stereocenters. The molecule has 1 aromatic heterocycles. The molecule has 20 heavy (non-hydrogen) atoms. The lowest BCUT2D eigenvalue weighted by molar-refractivity contribution is 0.131. The van der Waals surface area contributed by atoms with Crippen LogP contribution in [-0.4, -0.2) is 29.7 Å². The Morgan fingerprint density at radius 2 is 2.00 bits per heavy atom. The number of nitrogens with one attached hydrogen (secondary N) is 2. The van der Waals surface area contributed by atoms with E-state index in [1.807, 2.05) is 6.07 Å². The first-order valence-electron chi connectivity index (χ1n) is 7.50. The summed E-state index contributed by atoms with van der Waals surface area (Å²) in [6.45, 7) is 4.66. The molecule has 112 valence electrons. The summed E-state index contributed by atoms with van der Waals surface area (Å²) in [6.07, 6.45) is 5.64. The van der Waals surface area contributed by atoms with E-state index in [0.717, 1.165) is 44.2 Å². The summed E-state index contributed by atoms with van der Waals surface area (Å²) in [5, 5.41) is 3.31. The first-order valence-corrected chi connectivity index (χ1v) is 7.50. The highest BCUT2D eigenvalue weighted by Crippen LogP contribution is 2.38. The normalized spacial score (nSPS) is 14.3. The number of nitrogens with two attached hydrogens (primary N) is 1. The van der Waals surface area contributed by atoms with Gasteiger partial charge in [-0.15, -0.1) is 0 Å². The maximum Gasteiger partial charge on any atom is 0.145 e. The first-order chi connectivity index (χ1) is 9.83. The summed E-state index contributed by atoms with van der Waals surface area (Å²) in [7, 11) is 0. The molecule has 0 amide bonds. The largest absolute Gasteiger partial charge is 0.381 e. The van der Waals surface area contributed by atoms with Crippen molar-refractivity contribution in [2.24, 2.45) is 5.84 Å². The molecule has 6 nitrogen and oxygen atoms in total. The molecule has 0 spiro atoms. The van der Waals surface area contributed by atoms with Gasteiger partial charge in [-0.1, -0.05) is 13.3 Å². The topological polar surface area (TPSA) is 85.1 Å². The van der Waals surface area contributed by atoms with Gasteiger partial charge in [0.2, 0.25) is 0 Å². The molecule has 1 aromatic rings. The average molecular weight is 279 g/mol. The molecule has 0 aromatic carbocycles. The maximum atomic E-state index is 5.52. The predicted molar refractivity (Wildman–Crippen MR) is 80.7 cm³/mol. The van der Waals surface area contributed by atoms with Crippen molar-refractivity contribution in [1.29, 1.82) is 0 Å². The van der Waals surface area contributed by atoms with Crippen molar-refractivity contribution in [2.45, 2.75) is 44.9 Å². The molecule has 0 saturated heterocycles. The number of nitrogens with zero attached hydrogens (tertiary/aromatic N) is 2. The zero-order chi connectivity index (χ0) is 14.2. The minimum atomic E-state index is 0.515. The van der Waals surface area contributed by atoms with Crippen molar-refractivity contribution in [3.63, 3.8) is 0 Å². The van der Waals surface area contributed by atoms with Crippen LogP contribution in [0.25, 0.3) is 0 Å². The molecule has 0 atom stereocenters. The Hall–Kier alpha value is -1.40. The van der Waals surface area contributed by atoms with Crippen molar-refractivity contribution in [3.05, 3.63) is 11.9 Å². The predicted octanol–water partition coefficient (Wildman–Crippen LogP) is 2.26. The fourth-order valence-electron chi connectivity index (χ4n) is 1.89. The zero-order valence-corrected chi connectivity index (χ0v) is 12.2. The first kappa shape index (κ1) is 15.0. The number of unbranched alkanes of at least 4 members (excludes halogenated alkanes) is 1. The minimum Gasteiger partial charge on any atom is -0.381 e. The highest BCUT2D eigenvalue weighted by atomic mass is 16.5. The van der Waals surface area contributed by atoms with Gasteiger partial charge in [-0.25, -0.2) is 15.8 Å². The van der Waals surface area contributed by atoms with Gasteiger partial charge in [0.05, 0.1) is 0 Å². The van der Waals surface area contributed by atoms with Gasteiger partial charge in [-0.2, -0.15) is 0 Å². The summed E-state index contributed by atoms with van der Waals surface area (Å²) in [5.41, 5.74) is 2.60. The highest BCUT2D eigenvalue weighted by Gasteiger charge is 2.27. The van der Waals surface area contributed by atoms with Crippen molar-refractivity contribution in [3.8, 4) is 0 Å². The Kier molecular flexibility index (Phi) is 6.01. The Morgan fingerprint density at radius 3 is 2.70 bits per heavy atom. The molecule has 0 aliphatic heterocycles. The number of nitrogen functional groups attached to an aromatic ring is 1. The summed E-state index contributed by atoms with van der Waals surface area (Å²) < 4.78 is 5.52. The quantitative estimate of drug-likeness (QED) is 0.346. The lowest BCUT2D eigenvalue weighted by atomic mass is 10.3. The molecule has 0 radical (unpaired) electrons. The van der Waals surface area contributed by atoms with Gasteiger partial charge in [-0.05, 0) is 25.7 Å². The standard InChI is InChI=1S/C14H25N5O/c1-2-3-8-20-9-4-7-16-12-10-13(19-15)18-14(17-12)11-5-6-11/h10-11H,2-9,15H2,1H3,(H2,16,17,18,19). The van der Waals surface area contributed by atoms with Crippen molar-refractivity contribution < 1.29 is 4.74 Å². The van der Waals surface area contributed by atoms with E-state index < -0.39 is 0 Å². The van der Waals surface area contributed by atoms with E-state index in [4.69, 9.17) is 10.6 Å². The van der Waals surface area contributed by atoms with Crippen LogP contribution in [0.15, 0.2) is 6.07 Å². The maximum absolute atomic E-state index is 5.52. The van der Waals surface area contributed by atoms with E-state index in [1.54, 1.807) is 0 Å². The Balaban J connectivity index is 1.73. The van der Waals surface area contributed by atoms with Crippen LogP contribution < -0.4 is 16.6 Å². The number of hydrogen-bond acceptors (Lipinski definition) is 6. The van der Waals surface area contributed by atoms with Crippen molar-refractivity contribution >= 4 is 11.6 Å². The SMILES string of the molecule is CCCCOCCCNc1cc(NN)nc(C2CC2)n1. The molecule has 2 rings (SSSR count). The molecule has 1 heterocycles. The second kappa shape index (κ2) is 8.01. The molecule has 1 saturated carbocycles. The minimum absolute atomic E-state index is 0.515. The second-order valence-corrected chi connectivity index (χ2v) is 5.16. The Morgan fingerprint density at radius 1 is 1.25 bits per heavy atom. The number of hydrazine groups is 1. The fraction of sp³-hybridized carbons (Fsp3) is 0.714. The van der Waals surface area contributed by atoms with Gasteiger partial charge < -0.3 is 15.5 Å². The monoisotopic (exact) mass is 279 g/mol. The molecular formula is C14H25N5O.